The second-order valence-electron chi connectivity index (χ2n) is 4.55. The molecule has 2 rings (SSSR count). The van der Waals surface area contributed by atoms with Crippen molar-refractivity contribution >= 4 is 5.69 Å². The molecule has 1 fully saturated rings. The van der Waals surface area contributed by atoms with Gasteiger partial charge in [0.25, 0.3) is 0 Å². The van der Waals surface area contributed by atoms with Crippen LogP contribution in [0.2, 0.25) is 0 Å². The topological polar surface area (TPSA) is 37.4 Å². The molecule has 0 spiro atoms. The standard InChI is InChI=1S/C13H21N3O/c1-14-8-11-5-6-15-9-13(11)16(2)10-12-4-3-7-17-12/h5-6,9,12,14H,3-4,7-8,10H2,1-2H3. The monoisotopic (exact) mass is 235 g/mol. The highest BCUT2D eigenvalue weighted by atomic mass is 16.5. The number of pyridine rings is 1. The van der Waals surface area contributed by atoms with Gasteiger partial charge in [-0.25, -0.2) is 0 Å². The number of nitrogens with one attached hydrogen (secondary N) is 1. The first kappa shape index (κ1) is 12.3. The minimum Gasteiger partial charge on any atom is -0.376 e. The maximum atomic E-state index is 5.67. The third kappa shape index (κ3) is 3.17. The number of likely N-dealkylation sites (N-methyl/N-ethyl adjacent to an activating group) is 1. The molecule has 94 valence electrons. The molecule has 1 unspecified atom stereocenters. The lowest BCUT2D eigenvalue weighted by atomic mass is 10.2. The lowest BCUT2D eigenvalue weighted by Gasteiger charge is -2.24. The van der Waals surface area contributed by atoms with Gasteiger partial charge in [0.15, 0.2) is 0 Å². The number of rotatable bonds is 5. The molecule has 1 aromatic heterocycles. The highest BCUT2D eigenvalue weighted by Crippen LogP contribution is 2.20. The average Bonchev–Trinajstić information content (AvgIpc) is 2.83. The largest absolute Gasteiger partial charge is 0.376 e. The molecule has 4 heteroatoms. The molecule has 0 amide bonds. The van der Waals surface area contributed by atoms with Crippen LogP contribution in [0.5, 0.6) is 0 Å². The summed E-state index contributed by atoms with van der Waals surface area (Å²) >= 11 is 0. The van der Waals surface area contributed by atoms with E-state index < -0.39 is 0 Å². The van der Waals surface area contributed by atoms with Crippen LogP contribution in [0.4, 0.5) is 5.69 Å². The molecule has 1 atom stereocenters. The van der Waals surface area contributed by atoms with E-state index in [0.717, 1.165) is 19.7 Å². The summed E-state index contributed by atoms with van der Waals surface area (Å²) in [4.78, 5) is 6.46. The van der Waals surface area contributed by atoms with Crippen molar-refractivity contribution in [3.63, 3.8) is 0 Å². The molecule has 17 heavy (non-hydrogen) atoms. The van der Waals surface area contributed by atoms with Crippen molar-refractivity contribution in [1.29, 1.82) is 0 Å². The Morgan fingerprint density at radius 2 is 2.47 bits per heavy atom. The molecule has 4 nitrogen and oxygen atoms in total. The van der Waals surface area contributed by atoms with E-state index >= 15 is 0 Å². The number of nitrogens with zero attached hydrogens (tertiary/aromatic N) is 2. The van der Waals surface area contributed by atoms with Gasteiger partial charge in [0.05, 0.1) is 18.0 Å². The smallest absolute Gasteiger partial charge is 0.0750 e. The van der Waals surface area contributed by atoms with E-state index in [2.05, 4.69) is 28.3 Å². The minimum absolute atomic E-state index is 0.377. The Kier molecular flexibility index (Phi) is 4.34. The molecule has 0 bridgehead atoms. The first-order valence-corrected chi connectivity index (χ1v) is 6.21. The number of aromatic nitrogens is 1. The molecule has 0 radical (unpaired) electrons. The highest BCUT2D eigenvalue weighted by molar-refractivity contribution is 5.51. The molecule has 0 aliphatic carbocycles. The molecule has 2 heterocycles. The van der Waals surface area contributed by atoms with Gasteiger partial charge in [-0.15, -0.1) is 0 Å². The van der Waals surface area contributed by atoms with Gasteiger partial charge in [-0.1, -0.05) is 0 Å². The Bertz CT molecular complexity index is 350. The second kappa shape index (κ2) is 5.98. The van der Waals surface area contributed by atoms with E-state index in [1.54, 1.807) is 0 Å². The van der Waals surface area contributed by atoms with Crippen molar-refractivity contribution in [2.75, 3.05) is 32.1 Å². The maximum absolute atomic E-state index is 5.67. The molecular weight excluding hydrogens is 214 g/mol. The fourth-order valence-electron chi connectivity index (χ4n) is 2.29. The predicted molar refractivity (Wildman–Crippen MR) is 69.2 cm³/mol. The van der Waals surface area contributed by atoms with E-state index in [4.69, 9.17) is 4.74 Å². The van der Waals surface area contributed by atoms with Crippen LogP contribution in [0, 0.1) is 0 Å². The van der Waals surface area contributed by atoms with Crippen LogP contribution in [0.1, 0.15) is 18.4 Å². The molecular formula is C13H21N3O. The minimum atomic E-state index is 0.377. The van der Waals surface area contributed by atoms with Gasteiger partial charge in [-0.05, 0) is 31.5 Å². The van der Waals surface area contributed by atoms with E-state index in [-0.39, 0.29) is 0 Å². The highest BCUT2D eigenvalue weighted by Gasteiger charge is 2.18. The van der Waals surface area contributed by atoms with Crippen LogP contribution < -0.4 is 10.2 Å². The molecule has 1 aliphatic heterocycles. The molecule has 0 aromatic carbocycles. The maximum Gasteiger partial charge on any atom is 0.0750 e. The summed E-state index contributed by atoms with van der Waals surface area (Å²) in [6.45, 7) is 2.73. The third-order valence-corrected chi connectivity index (χ3v) is 3.17. The van der Waals surface area contributed by atoms with E-state index in [1.165, 1.54) is 24.1 Å². The third-order valence-electron chi connectivity index (χ3n) is 3.17. The zero-order valence-corrected chi connectivity index (χ0v) is 10.6. The second-order valence-corrected chi connectivity index (χ2v) is 4.55. The SMILES string of the molecule is CNCc1ccncc1N(C)CC1CCCO1. The van der Waals surface area contributed by atoms with Crippen molar-refractivity contribution in [1.82, 2.24) is 10.3 Å². The van der Waals surface area contributed by atoms with Gasteiger partial charge in [0.1, 0.15) is 0 Å². The van der Waals surface area contributed by atoms with Gasteiger partial charge >= 0.3 is 0 Å². The quantitative estimate of drug-likeness (QED) is 0.837. The van der Waals surface area contributed by atoms with Crippen molar-refractivity contribution < 1.29 is 4.74 Å². The Labute approximate surface area is 103 Å². The van der Waals surface area contributed by atoms with E-state index in [9.17, 15) is 0 Å². The van der Waals surface area contributed by atoms with E-state index in [1.807, 2.05) is 19.4 Å². The Balaban J connectivity index is 2.03. The summed E-state index contributed by atoms with van der Waals surface area (Å²) in [7, 11) is 4.07. The lowest BCUT2D eigenvalue weighted by Crippen LogP contribution is -2.29. The Morgan fingerprint density at radius 1 is 1.59 bits per heavy atom. The average molecular weight is 235 g/mol. The molecule has 1 saturated heterocycles. The molecule has 1 aliphatic rings. The van der Waals surface area contributed by atoms with Crippen molar-refractivity contribution in [3.05, 3.63) is 24.0 Å². The van der Waals surface area contributed by atoms with Gasteiger partial charge in [0.2, 0.25) is 0 Å². The van der Waals surface area contributed by atoms with Gasteiger partial charge < -0.3 is 15.0 Å². The number of ether oxygens (including phenoxy) is 1. The summed E-state index contributed by atoms with van der Waals surface area (Å²) in [5, 5.41) is 3.19. The fourth-order valence-corrected chi connectivity index (χ4v) is 2.29. The van der Waals surface area contributed by atoms with Crippen LogP contribution in [-0.4, -0.2) is 38.3 Å². The van der Waals surface area contributed by atoms with Crippen LogP contribution in [-0.2, 0) is 11.3 Å². The van der Waals surface area contributed by atoms with Gasteiger partial charge in [0, 0.05) is 32.9 Å². The van der Waals surface area contributed by atoms with Crippen LogP contribution in [0.15, 0.2) is 18.5 Å². The fraction of sp³-hybridized carbons (Fsp3) is 0.615. The van der Waals surface area contributed by atoms with Crippen LogP contribution in [0.25, 0.3) is 0 Å². The molecule has 1 aromatic rings. The van der Waals surface area contributed by atoms with Gasteiger partial charge in [-0.3, -0.25) is 4.98 Å². The van der Waals surface area contributed by atoms with Crippen molar-refractivity contribution in [2.24, 2.45) is 0 Å². The summed E-state index contributed by atoms with van der Waals surface area (Å²) in [6.07, 6.45) is 6.51. The summed E-state index contributed by atoms with van der Waals surface area (Å²) < 4.78 is 5.67. The first-order chi connectivity index (χ1) is 8.31. The van der Waals surface area contributed by atoms with Crippen LogP contribution in [0.3, 0.4) is 0 Å². The van der Waals surface area contributed by atoms with Gasteiger partial charge in [-0.2, -0.15) is 0 Å². The van der Waals surface area contributed by atoms with E-state index in [0.29, 0.717) is 6.10 Å². The molecule has 0 saturated carbocycles. The van der Waals surface area contributed by atoms with Crippen LogP contribution >= 0.6 is 0 Å². The zero-order valence-electron chi connectivity index (χ0n) is 10.6. The zero-order chi connectivity index (χ0) is 12.1. The Hall–Kier alpha value is -1.13. The lowest BCUT2D eigenvalue weighted by molar-refractivity contribution is 0.116. The summed E-state index contributed by atoms with van der Waals surface area (Å²) in [6, 6.07) is 2.07. The normalized spacial score (nSPS) is 19.5. The van der Waals surface area contributed by atoms with Crippen molar-refractivity contribution in [2.45, 2.75) is 25.5 Å². The number of hydrogen-bond donors (Lipinski definition) is 1. The summed E-state index contributed by atoms with van der Waals surface area (Å²) in [5.41, 5.74) is 2.47. The summed E-state index contributed by atoms with van der Waals surface area (Å²) in [5.74, 6) is 0. The molecule has 1 N–H and O–H groups in total. The first-order valence-electron chi connectivity index (χ1n) is 6.21. The Morgan fingerprint density at radius 3 is 3.18 bits per heavy atom. The number of anilines is 1. The predicted octanol–water partition coefficient (Wildman–Crippen LogP) is 1.42. The number of hydrogen-bond acceptors (Lipinski definition) is 4. The van der Waals surface area contributed by atoms with Crippen molar-refractivity contribution in [3.8, 4) is 0 Å².